The van der Waals surface area contributed by atoms with Crippen LogP contribution < -0.4 is 5.32 Å². The van der Waals surface area contributed by atoms with Gasteiger partial charge in [-0.15, -0.1) is 5.10 Å². The highest BCUT2D eigenvalue weighted by Crippen LogP contribution is 2.23. The summed E-state index contributed by atoms with van der Waals surface area (Å²) < 4.78 is 15.1. The largest absolute Gasteiger partial charge is 0.338 e. The molecule has 0 unspecified atom stereocenters. The van der Waals surface area contributed by atoms with E-state index in [0.717, 1.165) is 11.1 Å². The molecule has 0 aliphatic carbocycles. The van der Waals surface area contributed by atoms with E-state index in [1.54, 1.807) is 41.2 Å². The zero-order valence-electron chi connectivity index (χ0n) is 16.3. The number of halogens is 1. The maximum absolute atomic E-state index is 13.5. The topological polar surface area (TPSA) is 88.5 Å². The monoisotopic (exact) mass is 412 g/mol. The third kappa shape index (κ3) is 4.04. The van der Waals surface area contributed by atoms with Crippen LogP contribution >= 0.6 is 0 Å². The van der Waals surface area contributed by atoms with Crippen LogP contribution in [0.15, 0.2) is 79.0 Å². The highest BCUT2D eigenvalue weighted by atomic mass is 19.1. The van der Waals surface area contributed by atoms with Gasteiger partial charge in [0.1, 0.15) is 11.6 Å². The highest BCUT2D eigenvalue weighted by molar-refractivity contribution is 6.03. The first-order valence-corrected chi connectivity index (χ1v) is 9.65. The SMILES string of the molecule is O=C(Nc1ccc2nc(-c3cccc(F)c3)[nH]c2c1)c1cn(Cc2ccccc2)nn1. The number of anilines is 1. The molecule has 0 aliphatic heterocycles. The molecule has 1 amide bonds. The lowest BCUT2D eigenvalue weighted by atomic mass is 10.2. The van der Waals surface area contributed by atoms with Gasteiger partial charge in [-0.1, -0.05) is 47.7 Å². The molecule has 0 radical (unpaired) electrons. The van der Waals surface area contributed by atoms with E-state index in [0.29, 0.717) is 29.1 Å². The second-order valence-electron chi connectivity index (χ2n) is 7.07. The molecule has 152 valence electrons. The number of hydrogen-bond acceptors (Lipinski definition) is 4. The molecular weight excluding hydrogens is 395 g/mol. The molecule has 0 atom stereocenters. The summed E-state index contributed by atoms with van der Waals surface area (Å²) in [5.74, 6) is -0.128. The molecule has 2 heterocycles. The van der Waals surface area contributed by atoms with Crippen LogP contribution in [0.5, 0.6) is 0 Å². The Hall–Kier alpha value is -4.33. The molecule has 0 saturated heterocycles. The number of hydrogen-bond donors (Lipinski definition) is 2. The number of amides is 1. The van der Waals surface area contributed by atoms with Crippen molar-refractivity contribution in [2.24, 2.45) is 0 Å². The van der Waals surface area contributed by atoms with Crippen LogP contribution in [0, 0.1) is 5.82 Å². The van der Waals surface area contributed by atoms with Crippen LogP contribution in [0.1, 0.15) is 16.1 Å². The Bertz CT molecular complexity index is 1380. The van der Waals surface area contributed by atoms with Crippen LogP contribution in [0.3, 0.4) is 0 Å². The van der Waals surface area contributed by atoms with Crippen LogP contribution in [0.25, 0.3) is 22.4 Å². The summed E-state index contributed by atoms with van der Waals surface area (Å²) in [7, 11) is 0. The molecule has 5 aromatic rings. The summed E-state index contributed by atoms with van der Waals surface area (Å²) >= 11 is 0. The van der Waals surface area contributed by atoms with Gasteiger partial charge in [-0.25, -0.2) is 14.1 Å². The van der Waals surface area contributed by atoms with Gasteiger partial charge in [0, 0.05) is 11.3 Å². The van der Waals surface area contributed by atoms with E-state index in [1.807, 2.05) is 30.3 Å². The molecule has 7 nitrogen and oxygen atoms in total. The molecule has 3 aromatic carbocycles. The van der Waals surface area contributed by atoms with Crippen molar-refractivity contribution in [1.29, 1.82) is 0 Å². The Morgan fingerprint density at radius 1 is 1.03 bits per heavy atom. The summed E-state index contributed by atoms with van der Waals surface area (Å²) in [6, 6.07) is 21.3. The quantitative estimate of drug-likeness (QED) is 0.451. The van der Waals surface area contributed by atoms with Crippen molar-refractivity contribution in [1.82, 2.24) is 25.0 Å². The molecule has 8 heteroatoms. The Kier molecular flexibility index (Phi) is 4.72. The zero-order valence-corrected chi connectivity index (χ0v) is 16.3. The van der Waals surface area contributed by atoms with E-state index in [-0.39, 0.29) is 17.4 Å². The van der Waals surface area contributed by atoms with Gasteiger partial charge >= 0.3 is 0 Å². The number of H-pyrrole nitrogens is 1. The van der Waals surface area contributed by atoms with E-state index in [9.17, 15) is 9.18 Å². The standard InChI is InChI=1S/C23H17FN6O/c24-17-8-4-7-16(11-17)22-26-19-10-9-18(12-20(19)27-22)25-23(31)21-14-30(29-28-21)13-15-5-2-1-3-6-15/h1-12,14H,13H2,(H,25,31)(H,26,27). The molecule has 2 N–H and O–H groups in total. The summed E-state index contributed by atoms with van der Waals surface area (Å²) in [6.07, 6.45) is 1.61. The summed E-state index contributed by atoms with van der Waals surface area (Å²) in [5, 5.41) is 10.8. The van der Waals surface area contributed by atoms with Crippen LogP contribution in [0.2, 0.25) is 0 Å². The average Bonchev–Trinajstić information content (AvgIpc) is 3.41. The number of imidazole rings is 1. The number of nitrogens with one attached hydrogen (secondary N) is 2. The molecule has 31 heavy (non-hydrogen) atoms. The smallest absolute Gasteiger partial charge is 0.277 e. The first-order valence-electron chi connectivity index (χ1n) is 9.65. The Labute approximate surface area is 176 Å². The number of benzene rings is 3. The molecule has 0 spiro atoms. The molecular formula is C23H17FN6O. The van der Waals surface area contributed by atoms with Crippen molar-refractivity contribution in [3.05, 3.63) is 96.1 Å². The predicted molar refractivity (Wildman–Crippen MR) is 115 cm³/mol. The van der Waals surface area contributed by atoms with Crippen molar-refractivity contribution < 1.29 is 9.18 Å². The van der Waals surface area contributed by atoms with E-state index in [2.05, 4.69) is 25.6 Å². The maximum atomic E-state index is 13.5. The van der Waals surface area contributed by atoms with Crippen molar-refractivity contribution in [2.45, 2.75) is 6.54 Å². The Balaban J connectivity index is 1.32. The third-order valence-electron chi connectivity index (χ3n) is 4.80. The summed E-state index contributed by atoms with van der Waals surface area (Å²) in [6.45, 7) is 0.532. The molecule has 0 fully saturated rings. The van der Waals surface area contributed by atoms with Gasteiger partial charge in [0.05, 0.1) is 23.8 Å². The number of rotatable bonds is 5. The number of aromatic amines is 1. The van der Waals surface area contributed by atoms with Crippen molar-refractivity contribution >= 4 is 22.6 Å². The van der Waals surface area contributed by atoms with Gasteiger partial charge in [-0.3, -0.25) is 4.79 Å². The van der Waals surface area contributed by atoms with Gasteiger partial charge in [-0.05, 0) is 35.9 Å². The predicted octanol–water partition coefficient (Wildman–Crippen LogP) is 4.26. The summed E-state index contributed by atoms with van der Waals surface area (Å²) in [4.78, 5) is 20.2. The minimum absolute atomic E-state index is 0.223. The lowest BCUT2D eigenvalue weighted by molar-refractivity contribution is 0.102. The fourth-order valence-electron chi connectivity index (χ4n) is 3.31. The minimum atomic E-state index is -0.358. The Morgan fingerprint density at radius 2 is 1.90 bits per heavy atom. The summed E-state index contributed by atoms with van der Waals surface area (Å²) in [5.41, 5.74) is 3.97. The van der Waals surface area contributed by atoms with E-state index >= 15 is 0 Å². The molecule has 5 rings (SSSR count). The van der Waals surface area contributed by atoms with Crippen LogP contribution in [0.4, 0.5) is 10.1 Å². The highest BCUT2D eigenvalue weighted by Gasteiger charge is 2.13. The molecule has 2 aromatic heterocycles. The fourth-order valence-corrected chi connectivity index (χ4v) is 3.31. The normalized spacial score (nSPS) is 11.0. The van der Waals surface area contributed by atoms with Gasteiger partial charge in [-0.2, -0.15) is 0 Å². The van der Waals surface area contributed by atoms with E-state index in [4.69, 9.17) is 0 Å². The van der Waals surface area contributed by atoms with Gasteiger partial charge in [0.2, 0.25) is 0 Å². The van der Waals surface area contributed by atoms with Crippen molar-refractivity contribution in [2.75, 3.05) is 5.32 Å². The van der Waals surface area contributed by atoms with Gasteiger partial charge < -0.3 is 10.3 Å². The number of nitrogens with zero attached hydrogens (tertiary/aromatic N) is 4. The number of carbonyl (C=O) groups excluding carboxylic acids is 1. The van der Waals surface area contributed by atoms with E-state index < -0.39 is 0 Å². The van der Waals surface area contributed by atoms with E-state index in [1.165, 1.54) is 12.1 Å². The van der Waals surface area contributed by atoms with Gasteiger partial charge in [0.25, 0.3) is 5.91 Å². The average molecular weight is 412 g/mol. The van der Waals surface area contributed by atoms with Crippen LogP contribution in [-0.2, 0) is 6.54 Å². The Morgan fingerprint density at radius 3 is 2.74 bits per heavy atom. The number of aromatic nitrogens is 5. The third-order valence-corrected chi connectivity index (χ3v) is 4.80. The second-order valence-corrected chi connectivity index (χ2v) is 7.07. The fraction of sp³-hybridized carbons (Fsp3) is 0.0435. The van der Waals surface area contributed by atoms with Gasteiger partial charge in [0.15, 0.2) is 5.69 Å². The maximum Gasteiger partial charge on any atom is 0.277 e. The first kappa shape index (κ1) is 18.7. The lowest BCUT2D eigenvalue weighted by Crippen LogP contribution is -2.12. The minimum Gasteiger partial charge on any atom is -0.338 e. The molecule has 0 aliphatic rings. The first-order chi connectivity index (χ1) is 15.1. The van der Waals surface area contributed by atoms with Crippen molar-refractivity contribution in [3.63, 3.8) is 0 Å². The zero-order chi connectivity index (χ0) is 21.2. The second kappa shape index (κ2) is 7.83. The lowest BCUT2D eigenvalue weighted by Gasteiger charge is -2.02. The van der Waals surface area contributed by atoms with Crippen LogP contribution in [-0.4, -0.2) is 30.9 Å². The molecule has 0 saturated carbocycles. The molecule has 0 bridgehead atoms. The van der Waals surface area contributed by atoms with Crippen molar-refractivity contribution in [3.8, 4) is 11.4 Å². The number of fused-ring (bicyclic) bond motifs is 1. The number of carbonyl (C=O) groups is 1.